The van der Waals surface area contributed by atoms with E-state index in [-0.39, 0.29) is 30.7 Å². The van der Waals surface area contributed by atoms with Gasteiger partial charge in [0.2, 0.25) is 17.7 Å². The molecule has 0 unspecified atom stereocenters. The molecule has 1 aromatic carbocycles. The third kappa shape index (κ3) is 3.47. The van der Waals surface area contributed by atoms with Crippen LogP contribution in [0.3, 0.4) is 0 Å². The molecule has 3 amide bonds. The van der Waals surface area contributed by atoms with E-state index in [1.54, 1.807) is 6.07 Å². The summed E-state index contributed by atoms with van der Waals surface area (Å²) in [6, 6.07) is 5.44. The van der Waals surface area contributed by atoms with Gasteiger partial charge in [-0.2, -0.15) is 0 Å². The van der Waals surface area contributed by atoms with E-state index in [0.717, 1.165) is 14.9 Å². The molecule has 2 rings (SSSR count). The van der Waals surface area contributed by atoms with Gasteiger partial charge in [0.15, 0.2) is 0 Å². The number of imide groups is 1. The fourth-order valence-electron chi connectivity index (χ4n) is 2.89. The van der Waals surface area contributed by atoms with E-state index in [1.807, 2.05) is 32.9 Å². The second kappa shape index (κ2) is 6.83. The normalized spacial score (nSPS) is 16.8. The summed E-state index contributed by atoms with van der Waals surface area (Å²) in [5.74, 6) is -0.855. The Labute approximate surface area is 144 Å². The first kappa shape index (κ1) is 17.7. The summed E-state index contributed by atoms with van der Waals surface area (Å²) in [4.78, 5) is 37.9. The van der Waals surface area contributed by atoms with Gasteiger partial charge in [0.25, 0.3) is 0 Å². The molecule has 0 aliphatic carbocycles. The zero-order valence-electron chi connectivity index (χ0n) is 13.6. The largest absolute Gasteiger partial charge is 0.325 e. The van der Waals surface area contributed by atoms with E-state index in [0.29, 0.717) is 18.5 Å². The molecule has 0 atom stereocenters. The SMILES string of the molecule is CCC1(CC)CC(=O)N(CC(=O)Nc2ccc(Br)c(C)c2)C1=O. The number of aryl methyl sites for hydroxylation is 1. The Morgan fingerprint density at radius 1 is 1.30 bits per heavy atom. The number of amides is 3. The first-order valence-electron chi connectivity index (χ1n) is 7.73. The second-order valence-corrected chi connectivity index (χ2v) is 6.82. The molecule has 23 heavy (non-hydrogen) atoms. The van der Waals surface area contributed by atoms with E-state index < -0.39 is 5.41 Å². The van der Waals surface area contributed by atoms with Gasteiger partial charge >= 0.3 is 0 Å². The lowest BCUT2D eigenvalue weighted by molar-refractivity contribution is -0.144. The predicted octanol–water partition coefficient (Wildman–Crippen LogP) is 3.26. The number of hydrogen-bond donors (Lipinski definition) is 1. The standard InChI is InChI=1S/C17H21BrN2O3/c1-4-17(5-2)9-15(22)20(16(17)23)10-14(21)19-12-6-7-13(18)11(3)8-12/h6-8H,4-5,9-10H2,1-3H3,(H,19,21). The number of nitrogens with zero attached hydrogens (tertiary/aromatic N) is 1. The third-order valence-electron chi connectivity index (χ3n) is 4.59. The molecule has 1 aromatic rings. The maximum atomic E-state index is 12.5. The van der Waals surface area contributed by atoms with Gasteiger partial charge in [-0.25, -0.2) is 0 Å². The number of carbonyl (C=O) groups excluding carboxylic acids is 3. The number of hydrogen-bond acceptors (Lipinski definition) is 3. The molecule has 1 fully saturated rings. The Kier molecular flexibility index (Phi) is 5.24. The lowest BCUT2D eigenvalue weighted by Gasteiger charge is -2.23. The van der Waals surface area contributed by atoms with Crippen molar-refractivity contribution in [3.8, 4) is 0 Å². The molecular formula is C17H21BrN2O3. The van der Waals surface area contributed by atoms with Crippen molar-refractivity contribution in [3.63, 3.8) is 0 Å². The van der Waals surface area contributed by atoms with Crippen LogP contribution in [0.2, 0.25) is 0 Å². The third-order valence-corrected chi connectivity index (χ3v) is 5.48. The summed E-state index contributed by atoms with van der Waals surface area (Å²) in [6.45, 7) is 5.50. The summed E-state index contributed by atoms with van der Waals surface area (Å²) >= 11 is 3.40. The molecule has 0 aromatic heterocycles. The highest BCUT2D eigenvalue weighted by molar-refractivity contribution is 9.10. The Morgan fingerprint density at radius 3 is 2.48 bits per heavy atom. The van der Waals surface area contributed by atoms with Crippen LogP contribution in [-0.4, -0.2) is 29.2 Å². The first-order chi connectivity index (χ1) is 10.8. The van der Waals surface area contributed by atoms with Gasteiger partial charge in [-0.15, -0.1) is 0 Å². The molecular weight excluding hydrogens is 360 g/mol. The van der Waals surface area contributed by atoms with Gasteiger partial charge in [0.05, 0.1) is 5.41 Å². The van der Waals surface area contributed by atoms with Gasteiger partial charge < -0.3 is 5.32 Å². The zero-order chi connectivity index (χ0) is 17.2. The van der Waals surface area contributed by atoms with Crippen LogP contribution in [0.4, 0.5) is 5.69 Å². The molecule has 0 radical (unpaired) electrons. The van der Waals surface area contributed by atoms with Crippen LogP contribution in [0, 0.1) is 12.3 Å². The summed E-state index contributed by atoms with van der Waals surface area (Å²) in [7, 11) is 0. The highest BCUT2D eigenvalue weighted by Gasteiger charge is 2.49. The van der Waals surface area contributed by atoms with Crippen molar-refractivity contribution in [3.05, 3.63) is 28.2 Å². The van der Waals surface area contributed by atoms with Crippen molar-refractivity contribution in [1.29, 1.82) is 0 Å². The van der Waals surface area contributed by atoms with Crippen molar-refractivity contribution in [2.24, 2.45) is 5.41 Å². The summed E-state index contributed by atoms with van der Waals surface area (Å²) in [6.07, 6.45) is 1.42. The fraction of sp³-hybridized carbons (Fsp3) is 0.471. The van der Waals surface area contributed by atoms with Crippen LogP contribution in [0.5, 0.6) is 0 Å². The minimum Gasteiger partial charge on any atom is -0.325 e. The molecule has 1 saturated heterocycles. The summed E-state index contributed by atoms with van der Waals surface area (Å²) in [5.41, 5.74) is 1.00. The molecule has 1 heterocycles. The molecule has 5 nitrogen and oxygen atoms in total. The fourth-order valence-corrected chi connectivity index (χ4v) is 3.14. The van der Waals surface area contributed by atoms with Crippen molar-refractivity contribution in [2.45, 2.75) is 40.0 Å². The number of benzene rings is 1. The van der Waals surface area contributed by atoms with E-state index in [1.165, 1.54) is 0 Å². The van der Waals surface area contributed by atoms with Gasteiger partial charge in [-0.05, 0) is 43.5 Å². The molecule has 0 saturated carbocycles. The van der Waals surface area contributed by atoms with Crippen molar-refractivity contribution in [2.75, 3.05) is 11.9 Å². The molecule has 1 N–H and O–H groups in total. The topological polar surface area (TPSA) is 66.5 Å². The number of carbonyl (C=O) groups is 3. The zero-order valence-corrected chi connectivity index (χ0v) is 15.2. The van der Waals surface area contributed by atoms with Crippen LogP contribution in [-0.2, 0) is 14.4 Å². The van der Waals surface area contributed by atoms with Crippen molar-refractivity contribution in [1.82, 2.24) is 4.90 Å². The van der Waals surface area contributed by atoms with Crippen LogP contribution < -0.4 is 5.32 Å². The van der Waals surface area contributed by atoms with Gasteiger partial charge in [0.1, 0.15) is 6.54 Å². The molecule has 6 heteroatoms. The van der Waals surface area contributed by atoms with Crippen LogP contribution >= 0.6 is 15.9 Å². The van der Waals surface area contributed by atoms with Gasteiger partial charge in [-0.1, -0.05) is 29.8 Å². The average Bonchev–Trinajstić information content (AvgIpc) is 2.75. The Hall–Kier alpha value is -1.69. The highest BCUT2D eigenvalue weighted by atomic mass is 79.9. The lowest BCUT2D eigenvalue weighted by atomic mass is 9.81. The minimum atomic E-state index is -0.633. The minimum absolute atomic E-state index is 0.198. The summed E-state index contributed by atoms with van der Waals surface area (Å²) < 4.78 is 0.955. The number of halogens is 1. The molecule has 1 aliphatic heterocycles. The average molecular weight is 381 g/mol. The summed E-state index contributed by atoms with van der Waals surface area (Å²) in [5, 5.41) is 2.74. The first-order valence-corrected chi connectivity index (χ1v) is 8.53. The molecule has 124 valence electrons. The van der Waals surface area contributed by atoms with E-state index in [9.17, 15) is 14.4 Å². The lowest BCUT2D eigenvalue weighted by Crippen LogP contribution is -2.40. The van der Waals surface area contributed by atoms with E-state index in [2.05, 4.69) is 21.2 Å². The van der Waals surface area contributed by atoms with Crippen molar-refractivity contribution >= 4 is 39.3 Å². The Morgan fingerprint density at radius 2 is 1.96 bits per heavy atom. The quantitative estimate of drug-likeness (QED) is 0.797. The number of nitrogens with one attached hydrogen (secondary N) is 1. The van der Waals surface area contributed by atoms with E-state index in [4.69, 9.17) is 0 Å². The predicted molar refractivity (Wildman–Crippen MR) is 91.9 cm³/mol. The molecule has 1 aliphatic rings. The Balaban J connectivity index is 2.06. The molecule has 0 spiro atoms. The van der Waals surface area contributed by atoms with Crippen LogP contribution in [0.25, 0.3) is 0 Å². The van der Waals surface area contributed by atoms with Crippen LogP contribution in [0.1, 0.15) is 38.7 Å². The molecule has 0 bridgehead atoms. The van der Waals surface area contributed by atoms with Crippen molar-refractivity contribution < 1.29 is 14.4 Å². The van der Waals surface area contributed by atoms with Gasteiger partial charge in [-0.3, -0.25) is 19.3 Å². The van der Waals surface area contributed by atoms with Gasteiger partial charge in [0, 0.05) is 16.6 Å². The number of likely N-dealkylation sites (tertiary alicyclic amines) is 1. The van der Waals surface area contributed by atoms with Crippen LogP contribution in [0.15, 0.2) is 22.7 Å². The van der Waals surface area contributed by atoms with E-state index >= 15 is 0 Å². The number of anilines is 1. The second-order valence-electron chi connectivity index (χ2n) is 5.96. The Bertz CT molecular complexity index is 653. The highest BCUT2D eigenvalue weighted by Crippen LogP contribution is 2.39. The maximum Gasteiger partial charge on any atom is 0.244 e. The maximum absolute atomic E-state index is 12.5. The number of rotatable bonds is 5. The smallest absolute Gasteiger partial charge is 0.244 e. The monoisotopic (exact) mass is 380 g/mol.